The van der Waals surface area contributed by atoms with Gasteiger partial charge in [-0.1, -0.05) is 17.7 Å². The maximum absolute atomic E-state index is 10.3. The van der Waals surface area contributed by atoms with Gasteiger partial charge >= 0.3 is 0 Å². The number of halogens is 1. The van der Waals surface area contributed by atoms with Crippen molar-refractivity contribution in [2.75, 3.05) is 5.75 Å². The van der Waals surface area contributed by atoms with Gasteiger partial charge in [-0.05, 0) is 60.9 Å². The third kappa shape index (κ3) is 3.69. The zero-order valence-corrected chi connectivity index (χ0v) is 13.0. The molecule has 0 aliphatic carbocycles. The smallest absolute Gasteiger partial charge is 0.121 e. The summed E-state index contributed by atoms with van der Waals surface area (Å²) in [5.74, 6) is 0.840. The fraction of sp³-hybridized carbons (Fsp3) is 0.250. The van der Waals surface area contributed by atoms with Crippen LogP contribution in [0.5, 0.6) is 5.75 Å². The highest BCUT2D eigenvalue weighted by atomic mass is 35.5. The van der Waals surface area contributed by atoms with Crippen molar-refractivity contribution in [2.24, 2.45) is 0 Å². The molecule has 0 heterocycles. The van der Waals surface area contributed by atoms with Gasteiger partial charge in [0.25, 0.3) is 0 Å². The second-order valence-electron chi connectivity index (χ2n) is 4.79. The summed E-state index contributed by atoms with van der Waals surface area (Å²) in [7, 11) is 0. The number of benzene rings is 2. The number of rotatable bonds is 4. The van der Waals surface area contributed by atoms with Crippen molar-refractivity contribution in [3.8, 4) is 5.75 Å². The van der Waals surface area contributed by atoms with Crippen LogP contribution in [0.1, 0.15) is 22.8 Å². The fourth-order valence-electron chi connectivity index (χ4n) is 2.01. The van der Waals surface area contributed by atoms with Gasteiger partial charge in [-0.3, -0.25) is 0 Å². The van der Waals surface area contributed by atoms with Crippen molar-refractivity contribution in [1.82, 2.24) is 0 Å². The second-order valence-corrected chi connectivity index (χ2v) is 6.32. The van der Waals surface area contributed by atoms with Crippen molar-refractivity contribution in [2.45, 2.75) is 24.8 Å². The van der Waals surface area contributed by atoms with Crippen LogP contribution in [0.3, 0.4) is 0 Å². The number of thioether (sulfide) groups is 1. The Morgan fingerprint density at radius 3 is 2.40 bits per heavy atom. The molecule has 0 amide bonds. The van der Waals surface area contributed by atoms with Gasteiger partial charge in [0, 0.05) is 15.7 Å². The van der Waals surface area contributed by atoms with Crippen molar-refractivity contribution >= 4 is 23.4 Å². The molecule has 0 fully saturated rings. The quantitative estimate of drug-likeness (QED) is 0.818. The summed E-state index contributed by atoms with van der Waals surface area (Å²) in [4.78, 5) is 1.03. The average molecular weight is 309 g/mol. The van der Waals surface area contributed by atoms with E-state index < -0.39 is 6.10 Å². The van der Waals surface area contributed by atoms with Crippen LogP contribution in [-0.2, 0) is 0 Å². The summed E-state index contributed by atoms with van der Waals surface area (Å²) in [6.07, 6.45) is -0.572. The summed E-state index contributed by atoms with van der Waals surface area (Å²) >= 11 is 7.49. The zero-order chi connectivity index (χ0) is 14.7. The van der Waals surface area contributed by atoms with E-state index in [2.05, 4.69) is 0 Å². The van der Waals surface area contributed by atoms with Gasteiger partial charge < -0.3 is 10.2 Å². The highest BCUT2D eigenvalue weighted by Crippen LogP contribution is 2.30. The number of aryl methyl sites for hydroxylation is 2. The molecular formula is C16H17ClO2S. The first-order valence-corrected chi connectivity index (χ1v) is 7.70. The molecule has 0 aliphatic heterocycles. The SMILES string of the molecule is Cc1cc(C(O)CSc2cccc(Cl)c2)cc(C)c1O. The van der Waals surface area contributed by atoms with Crippen LogP contribution in [0.2, 0.25) is 5.02 Å². The first-order chi connectivity index (χ1) is 9.47. The molecule has 2 aromatic carbocycles. The summed E-state index contributed by atoms with van der Waals surface area (Å²) in [5.41, 5.74) is 2.39. The first-order valence-electron chi connectivity index (χ1n) is 6.34. The number of phenols is 1. The number of hydrogen-bond acceptors (Lipinski definition) is 3. The molecule has 106 valence electrons. The molecule has 2 aromatic rings. The molecule has 2 N–H and O–H groups in total. The summed E-state index contributed by atoms with van der Waals surface area (Å²) in [6, 6.07) is 11.2. The number of aromatic hydroxyl groups is 1. The molecule has 0 spiro atoms. The molecule has 0 saturated heterocycles. The Morgan fingerprint density at radius 2 is 1.80 bits per heavy atom. The average Bonchev–Trinajstić information content (AvgIpc) is 2.41. The molecule has 1 atom stereocenters. The molecule has 1 unspecified atom stereocenters. The van der Waals surface area contributed by atoms with Gasteiger partial charge in [0.15, 0.2) is 0 Å². The Morgan fingerprint density at radius 1 is 1.15 bits per heavy atom. The van der Waals surface area contributed by atoms with E-state index in [1.807, 2.05) is 50.2 Å². The topological polar surface area (TPSA) is 40.5 Å². The molecule has 0 aromatic heterocycles. The lowest BCUT2D eigenvalue weighted by Gasteiger charge is -2.14. The van der Waals surface area contributed by atoms with Crippen LogP contribution >= 0.6 is 23.4 Å². The molecule has 0 radical (unpaired) electrons. The van der Waals surface area contributed by atoms with Gasteiger partial charge in [0.2, 0.25) is 0 Å². The van der Waals surface area contributed by atoms with Crippen molar-refractivity contribution < 1.29 is 10.2 Å². The standard InChI is InChI=1S/C16H17ClO2S/c1-10-6-12(7-11(2)16(10)19)15(18)9-20-14-5-3-4-13(17)8-14/h3-8,15,18-19H,9H2,1-2H3. The Hall–Kier alpha value is -1.16. The van der Waals surface area contributed by atoms with Crippen LogP contribution in [-0.4, -0.2) is 16.0 Å². The predicted octanol–water partition coefficient (Wildman–Crippen LogP) is 4.49. The molecule has 20 heavy (non-hydrogen) atoms. The minimum absolute atomic E-state index is 0.295. The monoisotopic (exact) mass is 308 g/mol. The largest absolute Gasteiger partial charge is 0.507 e. The number of phenolic OH excluding ortho intramolecular Hbond substituents is 1. The predicted molar refractivity (Wildman–Crippen MR) is 84.7 cm³/mol. The van der Waals surface area contributed by atoms with E-state index in [9.17, 15) is 10.2 Å². The minimum Gasteiger partial charge on any atom is -0.507 e. The van der Waals surface area contributed by atoms with E-state index >= 15 is 0 Å². The highest BCUT2D eigenvalue weighted by Gasteiger charge is 2.12. The maximum atomic E-state index is 10.3. The molecule has 4 heteroatoms. The first kappa shape index (κ1) is 15.2. The normalized spacial score (nSPS) is 12.4. The van der Waals surface area contributed by atoms with Crippen LogP contribution < -0.4 is 0 Å². The van der Waals surface area contributed by atoms with E-state index in [0.29, 0.717) is 16.5 Å². The second kappa shape index (κ2) is 6.53. The van der Waals surface area contributed by atoms with Crippen LogP contribution in [0.15, 0.2) is 41.3 Å². The lowest BCUT2D eigenvalue weighted by Crippen LogP contribution is -2.01. The van der Waals surface area contributed by atoms with Crippen molar-refractivity contribution in [1.29, 1.82) is 0 Å². The molecule has 0 aliphatic rings. The van der Waals surface area contributed by atoms with Crippen LogP contribution in [0, 0.1) is 13.8 Å². The van der Waals surface area contributed by atoms with E-state index in [4.69, 9.17) is 11.6 Å². The Bertz CT molecular complexity index is 590. The van der Waals surface area contributed by atoms with Crippen LogP contribution in [0.25, 0.3) is 0 Å². The van der Waals surface area contributed by atoms with E-state index in [0.717, 1.165) is 21.6 Å². The molecule has 2 nitrogen and oxygen atoms in total. The number of aliphatic hydroxyl groups excluding tert-OH is 1. The number of aliphatic hydroxyl groups is 1. The zero-order valence-electron chi connectivity index (χ0n) is 11.4. The van der Waals surface area contributed by atoms with Crippen molar-refractivity contribution in [3.05, 3.63) is 58.1 Å². The maximum Gasteiger partial charge on any atom is 0.121 e. The van der Waals surface area contributed by atoms with Gasteiger partial charge in [-0.2, -0.15) is 0 Å². The molecule has 0 saturated carbocycles. The Balaban J connectivity index is 2.07. The van der Waals surface area contributed by atoms with Crippen molar-refractivity contribution in [3.63, 3.8) is 0 Å². The van der Waals surface area contributed by atoms with Gasteiger partial charge in [-0.15, -0.1) is 11.8 Å². The van der Waals surface area contributed by atoms with Crippen LogP contribution in [0.4, 0.5) is 0 Å². The summed E-state index contributed by atoms with van der Waals surface area (Å²) in [6.45, 7) is 3.67. The molecular weight excluding hydrogens is 292 g/mol. The molecule has 2 rings (SSSR count). The lowest BCUT2D eigenvalue weighted by atomic mass is 10.0. The Kier molecular flexibility index (Phi) is 4.97. The lowest BCUT2D eigenvalue weighted by molar-refractivity contribution is 0.204. The Labute approximate surface area is 128 Å². The summed E-state index contributed by atoms with van der Waals surface area (Å²) in [5, 5.41) is 20.7. The summed E-state index contributed by atoms with van der Waals surface area (Å²) < 4.78 is 0. The third-order valence-corrected chi connectivity index (χ3v) is 4.41. The van der Waals surface area contributed by atoms with E-state index in [1.165, 1.54) is 0 Å². The fourth-order valence-corrected chi connectivity index (χ4v) is 3.19. The van der Waals surface area contributed by atoms with E-state index in [1.54, 1.807) is 11.8 Å². The number of hydrogen-bond donors (Lipinski definition) is 2. The van der Waals surface area contributed by atoms with Gasteiger partial charge in [0.1, 0.15) is 5.75 Å². The minimum atomic E-state index is -0.572. The van der Waals surface area contributed by atoms with Gasteiger partial charge in [0.05, 0.1) is 6.10 Å². The van der Waals surface area contributed by atoms with E-state index in [-0.39, 0.29) is 0 Å². The molecule has 0 bridgehead atoms. The third-order valence-electron chi connectivity index (χ3n) is 3.10. The highest BCUT2D eigenvalue weighted by molar-refractivity contribution is 7.99. The van der Waals surface area contributed by atoms with Gasteiger partial charge in [-0.25, -0.2) is 0 Å².